The molecule has 5 rings (SSSR count). The predicted octanol–water partition coefficient (Wildman–Crippen LogP) is 1.78. The van der Waals surface area contributed by atoms with Crippen molar-refractivity contribution in [2.75, 3.05) is 26.2 Å². The van der Waals surface area contributed by atoms with Gasteiger partial charge in [-0.2, -0.15) is 0 Å². The lowest BCUT2D eigenvalue weighted by atomic mass is 9.49. The monoisotopic (exact) mass is 347 g/mol. The van der Waals surface area contributed by atoms with Crippen LogP contribution in [-0.2, 0) is 9.59 Å². The molecule has 2 amide bonds. The molecule has 0 spiro atoms. The highest BCUT2D eigenvalue weighted by molar-refractivity contribution is 5.90. The molecule has 0 aromatic carbocycles. The first kappa shape index (κ1) is 17.3. The average Bonchev–Trinajstić information content (AvgIpc) is 2.58. The molecule has 1 saturated heterocycles. The summed E-state index contributed by atoms with van der Waals surface area (Å²) in [6.07, 6.45) is 7.16. The van der Waals surface area contributed by atoms with Crippen LogP contribution in [0.3, 0.4) is 0 Å². The van der Waals surface area contributed by atoms with Gasteiger partial charge in [-0.25, -0.2) is 0 Å². The zero-order valence-corrected chi connectivity index (χ0v) is 15.7. The molecular weight excluding hydrogens is 314 g/mol. The van der Waals surface area contributed by atoms with Gasteiger partial charge in [-0.15, -0.1) is 0 Å². The van der Waals surface area contributed by atoms with Gasteiger partial charge in [0.15, 0.2) is 0 Å². The summed E-state index contributed by atoms with van der Waals surface area (Å²) in [5.74, 6) is 2.65. The summed E-state index contributed by atoms with van der Waals surface area (Å²) in [5, 5.41) is 6.51. The number of hydrogen-bond acceptors (Lipinski definition) is 3. The Morgan fingerprint density at radius 2 is 1.52 bits per heavy atom. The van der Waals surface area contributed by atoms with Crippen LogP contribution in [0, 0.1) is 29.1 Å². The van der Waals surface area contributed by atoms with Crippen LogP contribution in [0.2, 0.25) is 0 Å². The highest BCUT2D eigenvalue weighted by Crippen LogP contribution is 2.60. The summed E-state index contributed by atoms with van der Waals surface area (Å²) in [7, 11) is 0. The number of carbonyl (C=O) groups excluding carboxylic acids is 2. The van der Waals surface area contributed by atoms with Crippen LogP contribution in [0.4, 0.5) is 0 Å². The Morgan fingerprint density at radius 3 is 2.00 bits per heavy atom. The fourth-order valence-electron chi connectivity index (χ4n) is 6.28. The van der Waals surface area contributed by atoms with Crippen LogP contribution in [0.15, 0.2) is 0 Å². The maximum atomic E-state index is 13.3. The molecule has 1 aliphatic heterocycles. The number of nitrogens with one attached hydrogen (secondary N) is 2. The van der Waals surface area contributed by atoms with E-state index in [4.69, 9.17) is 0 Å². The third-order valence-electron chi connectivity index (χ3n) is 7.17. The number of rotatable bonds is 4. The molecule has 5 heteroatoms. The van der Waals surface area contributed by atoms with Gasteiger partial charge in [-0.05, 0) is 62.2 Å². The fourth-order valence-corrected chi connectivity index (χ4v) is 6.28. The molecule has 5 aliphatic rings. The normalized spacial score (nSPS) is 38.0. The third-order valence-corrected chi connectivity index (χ3v) is 7.17. The third kappa shape index (κ3) is 3.20. The van der Waals surface area contributed by atoms with Crippen LogP contribution in [0.25, 0.3) is 0 Å². The summed E-state index contributed by atoms with van der Waals surface area (Å²) in [4.78, 5) is 28.2. The van der Waals surface area contributed by atoms with E-state index in [1.165, 1.54) is 19.3 Å². The number of hydrogen-bond donors (Lipinski definition) is 2. The Kier molecular flexibility index (Phi) is 4.55. The molecule has 1 heterocycles. The largest absolute Gasteiger partial charge is 0.344 e. The first-order valence-corrected chi connectivity index (χ1v) is 10.3. The molecule has 140 valence electrons. The number of amides is 2. The van der Waals surface area contributed by atoms with E-state index in [1.54, 1.807) is 0 Å². The van der Waals surface area contributed by atoms with Crippen LogP contribution in [-0.4, -0.2) is 48.9 Å². The van der Waals surface area contributed by atoms with Crippen molar-refractivity contribution >= 4 is 11.8 Å². The lowest BCUT2D eigenvalue weighted by molar-refractivity contribution is -0.150. The molecule has 5 fully saturated rings. The maximum absolute atomic E-state index is 13.3. The SMILES string of the molecule is CC(C)C(NC(=O)C12CC3CC(CC(C3)C1)C2)C(=O)N1CCNCC1. The smallest absolute Gasteiger partial charge is 0.245 e. The summed E-state index contributed by atoms with van der Waals surface area (Å²) in [6.45, 7) is 7.28. The molecule has 2 N–H and O–H groups in total. The second-order valence-corrected chi connectivity index (χ2v) is 9.47. The number of carbonyl (C=O) groups is 2. The van der Waals surface area contributed by atoms with Crippen molar-refractivity contribution in [3.63, 3.8) is 0 Å². The van der Waals surface area contributed by atoms with Gasteiger partial charge in [0, 0.05) is 31.6 Å². The van der Waals surface area contributed by atoms with Gasteiger partial charge < -0.3 is 15.5 Å². The van der Waals surface area contributed by atoms with Crippen molar-refractivity contribution < 1.29 is 9.59 Å². The Labute approximate surface area is 151 Å². The highest BCUT2D eigenvalue weighted by atomic mass is 16.2. The molecule has 1 unspecified atom stereocenters. The molecule has 0 aromatic heterocycles. The predicted molar refractivity (Wildman–Crippen MR) is 96.8 cm³/mol. The van der Waals surface area contributed by atoms with Crippen LogP contribution < -0.4 is 10.6 Å². The van der Waals surface area contributed by atoms with Crippen molar-refractivity contribution in [1.29, 1.82) is 0 Å². The second-order valence-electron chi connectivity index (χ2n) is 9.47. The fraction of sp³-hybridized carbons (Fsp3) is 0.900. The van der Waals surface area contributed by atoms with E-state index in [9.17, 15) is 9.59 Å². The molecule has 5 nitrogen and oxygen atoms in total. The van der Waals surface area contributed by atoms with E-state index in [2.05, 4.69) is 10.6 Å². The standard InChI is InChI=1S/C20H33N3O2/c1-13(2)17(18(24)23-5-3-21-4-6-23)22-19(25)20-10-14-7-15(11-20)9-16(8-14)12-20/h13-17,21H,3-12H2,1-2H3,(H,22,25). The summed E-state index contributed by atoms with van der Waals surface area (Å²) in [6, 6.07) is -0.376. The van der Waals surface area contributed by atoms with E-state index in [0.29, 0.717) is 0 Å². The van der Waals surface area contributed by atoms with E-state index in [1.807, 2.05) is 18.7 Å². The van der Waals surface area contributed by atoms with Crippen molar-refractivity contribution in [2.24, 2.45) is 29.1 Å². The Hall–Kier alpha value is -1.10. The Morgan fingerprint density at radius 1 is 1.00 bits per heavy atom. The lowest BCUT2D eigenvalue weighted by Gasteiger charge is -2.56. The summed E-state index contributed by atoms with van der Waals surface area (Å²) in [5.41, 5.74) is -0.175. The van der Waals surface area contributed by atoms with Gasteiger partial charge >= 0.3 is 0 Å². The van der Waals surface area contributed by atoms with Crippen LogP contribution in [0.1, 0.15) is 52.4 Å². The minimum Gasteiger partial charge on any atom is -0.344 e. The topological polar surface area (TPSA) is 61.4 Å². The molecule has 4 bridgehead atoms. The van der Waals surface area contributed by atoms with Crippen LogP contribution in [0.5, 0.6) is 0 Å². The molecule has 4 saturated carbocycles. The van der Waals surface area contributed by atoms with Gasteiger partial charge in [0.1, 0.15) is 6.04 Å². The summed E-state index contributed by atoms with van der Waals surface area (Å²) >= 11 is 0. The van der Waals surface area contributed by atoms with E-state index < -0.39 is 0 Å². The van der Waals surface area contributed by atoms with E-state index in [-0.39, 0.29) is 29.2 Å². The van der Waals surface area contributed by atoms with Gasteiger partial charge in [0.2, 0.25) is 11.8 Å². The van der Waals surface area contributed by atoms with Crippen molar-refractivity contribution in [3.05, 3.63) is 0 Å². The number of piperazine rings is 1. The summed E-state index contributed by atoms with van der Waals surface area (Å²) < 4.78 is 0. The minimum absolute atomic E-state index is 0.106. The van der Waals surface area contributed by atoms with Crippen molar-refractivity contribution in [3.8, 4) is 0 Å². The van der Waals surface area contributed by atoms with E-state index >= 15 is 0 Å². The van der Waals surface area contributed by atoms with Gasteiger partial charge in [0.05, 0.1) is 0 Å². The Balaban J connectivity index is 1.46. The first-order valence-electron chi connectivity index (χ1n) is 10.3. The quantitative estimate of drug-likeness (QED) is 0.815. The molecule has 0 radical (unpaired) electrons. The van der Waals surface area contributed by atoms with Crippen molar-refractivity contribution in [1.82, 2.24) is 15.5 Å². The zero-order chi connectivity index (χ0) is 17.6. The molecule has 0 aromatic rings. The second kappa shape index (κ2) is 6.57. The van der Waals surface area contributed by atoms with Crippen molar-refractivity contribution in [2.45, 2.75) is 58.4 Å². The van der Waals surface area contributed by atoms with E-state index in [0.717, 1.165) is 63.2 Å². The zero-order valence-electron chi connectivity index (χ0n) is 15.7. The number of nitrogens with zero attached hydrogens (tertiary/aromatic N) is 1. The Bertz CT molecular complexity index is 504. The molecule has 1 atom stereocenters. The maximum Gasteiger partial charge on any atom is 0.245 e. The molecular formula is C20H33N3O2. The van der Waals surface area contributed by atoms with Gasteiger partial charge in [-0.3, -0.25) is 9.59 Å². The highest BCUT2D eigenvalue weighted by Gasteiger charge is 2.55. The first-order chi connectivity index (χ1) is 12.0. The molecule has 4 aliphatic carbocycles. The van der Waals surface area contributed by atoms with Crippen LogP contribution >= 0.6 is 0 Å². The van der Waals surface area contributed by atoms with Gasteiger partial charge in [0.25, 0.3) is 0 Å². The average molecular weight is 348 g/mol. The minimum atomic E-state index is -0.376. The van der Waals surface area contributed by atoms with Gasteiger partial charge in [-0.1, -0.05) is 13.8 Å². The lowest BCUT2D eigenvalue weighted by Crippen LogP contribution is -2.60. The molecule has 25 heavy (non-hydrogen) atoms.